The van der Waals surface area contributed by atoms with Crippen LogP contribution >= 0.6 is 0 Å². The lowest BCUT2D eigenvalue weighted by Crippen LogP contribution is -2.44. The molecule has 0 saturated carbocycles. The summed E-state index contributed by atoms with van der Waals surface area (Å²) in [4.78, 5) is 11.8. The molecular formula is C15H21NO3. The second kappa shape index (κ2) is 6.06. The summed E-state index contributed by atoms with van der Waals surface area (Å²) in [7, 11) is 1.43. The van der Waals surface area contributed by atoms with Crippen LogP contribution in [0.5, 0.6) is 5.75 Å². The highest BCUT2D eigenvalue weighted by molar-refractivity contribution is 5.76. The monoisotopic (exact) mass is 263 g/mol. The number of methoxy groups -OCH3 is 1. The van der Waals surface area contributed by atoms with Gasteiger partial charge < -0.3 is 9.47 Å². The van der Waals surface area contributed by atoms with Gasteiger partial charge in [-0.25, -0.2) is 0 Å². The zero-order valence-electron chi connectivity index (χ0n) is 11.7. The summed E-state index contributed by atoms with van der Waals surface area (Å²) >= 11 is 0. The summed E-state index contributed by atoms with van der Waals surface area (Å²) in [6.45, 7) is 4.69. The molecule has 1 aromatic carbocycles. The molecule has 1 aliphatic rings. The number of ether oxygens (including phenoxy) is 2. The number of hydrogen-bond acceptors (Lipinski definition) is 4. The molecule has 2 atom stereocenters. The SMILES string of the molecule is COC(=O)[C@@H](NC1CCOc2ccccc21)C(C)C. The van der Waals surface area contributed by atoms with Gasteiger partial charge in [-0.3, -0.25) is 10.1 Å². The van der Waals surface area contributed by atoms with Crippen molar-refractivity contribution in [3.63, 3.8) is 0 Å². The van der Waals surface area contributed by atoms with Gasteiger partial charge in [0.25, 0.3) is 0 Å². The summed E-state index contributed by atoms with van der Waals surface area (Å²) in [5.74, 6) is 0.875. The summed E-state index contributed by atoms with van der Waals surface area (Å²) in [5.41, 5.74) is 1.11. The molecular weight excluding hydrogens is 242 g/mol. The third kappa shape index (κ3) is 3.07. The summed E-state index contributed by atoms with van der Waals surface area (Å²) in [6.07, 6.45) is 0.858. The minimum absolute atomic E-state index is 0.136. The molecule has 0 saturated heterocycles. The minimum atomic E-state index is -0.291. The van der Waals surface area contributed by atoms with Crippen molar-refractivity contribution in [1.82, 2.24) is 5.32 Å². The Labute approximate surface area is 114 Å². The van der Waals surface area contributed by atoms with Crippen molar-refractivity contribution < 1.29 is 14.3 Å². The first-order chi connectivity index (χ1) is 9.13. The van der Waals surface area contributed by atoms with E-state index in [9.17, 15) is 4.79 Å². The topological polar surface area (TPSA) is 47.6 Å². The number of hydrogen-bond donors (Lipinski definition) is 1. The zero-order chi connectivity index (χ0) is 13.8. The van der Waals surface area contributed by atoms with Crippen LogP contribution in [-0.4, -0.2) is 25.7 Å². The quantitative estimate of drug-likeness (QED) is 0.847. The van der Waals surface area contributed by atoms with Crippen LogP contribution < -0.4 is 10.1 Å². The van der Waals surface area contributed by atoms with Crippen molar-refractivity contribution in [2.75, 3.05) is 13.7 Å². The van der Waals surface area contributed by atoms with E-state index in [0.717, 1.165) is 17.7 Å². The van der Waals surface area contributed by atoms with Crippen LogP contribution in [0, 0.1) is 5.92 Å². The number of benzene rings is 1. The molecule has 19 heavy (non-hydrogen) atoms. The smallest absolute Gasteiger partial charge is 0.323 e. The highest BCUT2D eigenvalue weighted by atomic mass is 16.5. The Morgan fingerprint density at radius 3 is 2.84 bits per heavy atom. The third-order valence-corrected chi connectivity index (χ3v) is 3.46. The molecule has 0 fully saturated rings. The molecule has 4 nitrogen and oxygen atoms in total. The summed E-state index contributed by atoms with van der Waals surface area (Å²) < 4.78 is 10.5. The predicted molar refractivity (Wildman–Crippen MR) is 73.1 cm³/mol. The van der Waals surface area contributed by atoms with E-state index in [0.29, 0.717) is 6.61 Å². The second-order valence-electron chi connectivity index (χ2n) is 5.14. The third-order valence-electron chi connectivity index (χ3n) is 3.46. The molecule has 1 aromatic rings. The first kappa shape index (κ1) is 13.9. The maximum atomic E-state index is 11.8. The standard InChI is InChI=1S/C15H21NO3/c1-10(2)14(15(17)18-3)16-12-8-9-19-13-7-5-4-6-11(12)13/h4-7,10,12,14,16H,8-9H2,1-3H3/t12?,14-/m0/s1. The van der Waals surface area contributed by atoms with Gasteiger partial charge in [0.05, 0.1) is 13.7 Å². The number of carbonyl (C=O) groups is 1. The van der Waals surface area contributed by atoms with Crippen LogP contribution in [0.4, 0.5) is 0 Å². The van der Waals surface area contributed by atoms with Gasteiger partial charge in [-0.15, -0.1) is 0 Å². The van der Waals surface area contributed by atoms with Crippen molar-refractivity contribution in [3.05, 3.63) is 29.8 Å². The van der Waals surface area contributed by atoms with Crippen molar-refractivity contribution >= 4 is 5.97 Å². The lowest BCUT2D eigenvalue weighted by Gasteiger charge is -2.31. The van der Waals surface area contributed by atoms with Gasteiger partial charge >= 0.3 is 5.97 Å². The Morgan fingerprint density at radius 1 is 1.42 bits per heavy atom. The van der Waals surface area contributed by atoms with Crippen LogP contribution in [0.15, 0.2) is 24.3 Å². The molecule has 1 unspecified atom stereocenters. The minimum Gasteiger partial charge on any atom is -0.493 e. The van der Waals surface area contributed by atoms with E-state index in [1.807, 2.05) is 38.1 Å². The lowest BCUT2D eigenvalue weighted by molar-refractivity contribution is -0.144. The van der Waals surface area contributed by atoms with Gasteiger partial charge in [0, 0.05) is 18.0 Å². The molecule has 104 valence electrons. The molecule has 4 heteroatoms. The Balaban J connectivity index is 2.17. The van der Waals surface area contributed by atoms with Gasteiger partial charge in [0.2, 0.25) is 0 Å². The predicted octanol–water partition coefficient (Wildman–Crippen LogP) is 2.30. The fourth-order valence-corrected chi connectivity index (χ4v) is 2.39. The van der Waals surface area contributed by atoms with Crippen molar-refractivity contribution in [1.29, 1.82) is 0 Å². The molecule has 1 aliphatic heterocycles. The molecule has 2 rings (SSSR count). The van der Waals surface area contributed by atoms with Crippen LogP contribution in [0.2, 0.25) is 0 Å². The van der Waals surface area contributed by atoms with Gasteiger partial charge in [0.15, 0.2) is 0 Å². The molecule has 0 aliphatic carbocycles. The molecule has 0 amide bonds. The number of fused-ring (bicyclic) bond motifs is 1. The number of esters is 1. The van der Waals surface area contributed by atoms with Crippen LogP contribution in [0.25, 0.3) is 0 Å². The summed E-state index contributed by atoms with van der Waals surface area (Å²) in [5, 5.41) is 3.41. The number of carbonyl (C=O) groups excluding carboxylic acids is 1. The average molecular weight is 263 g/mol. The fourth-order valence-electron chi connectivity index (χ4n) is 2.39. The van der Waals surface area contributed by atoms with Crippen LogP contribution in [0.3, 0.4) is 0 Å². The van der Waals surface area contributed by atoms with E-state index in [4.69, 9.17) is 9.47 Å². The second-order valence-corrected chi connectivity index (χ2v) is 5.14. The molecule has 0 aromatic heterocycles. The maximum Gasteiger partial charge on any atom is 0.323 e. The number of para-hydroxylation sites is 1. The Kier molecular flexibility index (Phi) is 4.43. The average Bonchev–Trinajstić information content (AvgIpc) is 2.43. The van der Waals surface area contributed by atoms with Gasteiger partial charge in [0.1, 0.15) is 11.8 Å². The maximum absolute atomic E-state index is 11.8. The Morgan fingerprint density at radius 2 is 2.16 bits per heavy atom. The first-order valence-corrected chi connectivity index (χ1v) is 6.69. The van der Waals surface area contributed by atoms with Crippen molar-refractivity contribution in [3.8, 4) is 5.75 Å². The highest BCUT2D eigenvalue weighted by Gasteiger charge is 2.29. The highest BCUT2D eigenvalue weighted by Crippen LogP contribution is 2.32. The molecule has 0 spiro atoms. The molecule has 1 N–H and O–H groups in total. The molecule has 0 bridgehead atoms. The summed E-state index contributed by atoms with van der Waals surface area (Å²) in [6, 6.07) is 7.80. The van der Waals surface area contributed by atoms with E-state index in [2.05, 4.69) is 5.32 Å². The van der Waals surface area contributed by atoms with E-state index in [1.165, 1.54) is 7.11 Å². The normalized spacial score (nSPS) is 19.5. The number of nitrogens with one attached hydrogen (secondary N) is 1. The molecule has 0 radical (unpaired) electrons. The van der Waals surface area contributed by atoms with Crippen LogP contribution in [-0.2, 0) is 9.53 Å². The van der Waals surface area contributed by atoms with E-state index in [-0.39, 0.29) is 24.0 Å². The largest absolute Gasteiger partial charge is 0.493 e. The fraction of sp³-hybridized carbons (Fsp3) is 0.533. The van der Waals surface area contributed by atoms with E-state index >= 15 is 0 Å². The Hall–Kier alpha value is -1.55. The van der Waals surface area contributed by atoms with E-state index in [1.54, 1.807) is 0 Å². The van der Waals surface area contributed by atoms with E-state index < -0.39 is 0 Å². The van der Waals surface area contributed by atoms with Crippen molar-refractivity contribution in [2.45, 2.75) is 32.4 Å². The van der Waals surface area contributed by atoms with Gasteiger partial charge in [-0.2, -0.15) is 0 Å². The Bertz CT molecular complexity index is 445. The first-order valence-electron chi connectivity index (χ1n) is 6.69. The van der Waals surface area contributed by atoms with Crippen LogP contribution in [0.1, 0.15) is 31.9 Å². The van der Waals surface area contributed by atoms with Crippen molar-refractivity contribution in [2.24, 2.45) is 5.92 Å². The van der Waals surface area contributed by atoms with Gasteiger partial charge in [-0.05, 0) is 12.0 Å². The lowest BCUT2D eigenvalue weighted by atomic mass is 9.97. The zero-order valence-corrected chi connectivity index (χ0v) is 11.7. The van der Waals surface area contributed by atoms with Gasteiger partial charge in [-0.1, -0.05) is 32.0 Å². The molecule has 1 heterocycles. The number of rotatable bonds is 4.